The van der Waals surface area contributed by atoms with E-state index in [2.05, 4.69) is 10.2 Å². The summed E-state index contributed by atoms with van der Waals surface area (Å²) in [5, 5.41) is 8.66. The summed E-state index contributed by atoms with van der Waals surface area (Å²) in [6.45, 7) is 0. The van der Waals surface area contributed by atoms with E-state index in [1.165, 1.54) is 6.39 Å². The van der Waals surface area contributed by atoms with Crippen LogP contribution in [0.4, 0.5) is 0 Å². The molecule has 0 N–H and O–H groups in total. The first kappa shape index (κ1) is 7.32. The van der Waals surface area contributed by atoms with Crippen LogP contribution >= 0.6 is 0 Å². The summed E-state index contributed by atoms with van der Waals surface area (Å²) in [5.74, 6) is 0. The van der Waals surface area contributed by atoms with Crippen molar-refractivity contribution < 1.29 is 4.42 Å². The smallest absolute Gasteiger partial charge is 0.326 e. The van der Waals surface area contributed by atoms with Gasteiger partial charge in [0.25, 0.3) is 0 Å². The molecule has 68 valence electrons. The number of fused-ring (bicyclic) bond motifs is 1. The Hall–Kier alpha value is -2.10. The molecule has 0 aliphatic rings. The summed E-state index contributed by atoms with van der Waals surface area (Å²) in [4.78, 5) is 0. The Kier molecular flexibility index (Phi) is 1.41. The van der Waals surface area contributed by atoms with Gasteiger partial charge in [-0.05, 0) is 12.1 Å². The van der Waals surface area contributed by atoms with E-state index in [0.29, 0.717) is 6.01 Å². The number of aromatic nitrogens is 3. The standard InChI is InChI=1S/C10H7N3O/c1-2-4-9-8(3-1)5-6-13(9)10-12-11-7-14-10/h1-7H. The molecule has 0 bridgehead atoms. The average molecular weight is 185 g/mol. The molecule has 4 nitrogen and oxygen atoms in total. The van der Waals surface area contributed by atoms with Crippen LogP contribution in [0, 0.1) is 0 Å². The van der Waals surface area contributed by atoms with Crippen LogP contribution in [-0.2, 0) is 0 Å². The van der Waals surface area contributed by atoms with Crippen LogP contribution in [0.5, 0.6) is 0 Å². The molecule has 0 saturated heterocycles. The van der Waals surface area contributed by atoms with Crippen molar-refractivity contribution in [1.82, 2.24) is 14.8 Å². The molecule has 0 radical (unpaired) electrons. The number of para-hydroxylation sites is 1. The minimum Gasteiger partial charge on any atom is -0.410 e. The molecular weight excluding hydrogens is 178 g/mol. The Bertz CT molecular complexity index is 554. The molecule has 0 fully saturated rings. The summed E-state index contributed by atoms with van der Waals surface area (Å²) in [7, 11) is 0. The topological polar surface area (TPSA) is 43.9 Å². The predicted octanol–water partition coefficient (Wildman–Crippen LogP) is 2.01. The molecule has 0 saturated carbocycles. The fraction of sp³-hybridized carbons (Fsp3) is 0. The van der Waals surface area contributed by atoms with Gasteiger partial charge in [-0.3, -0.25) is 4.57 Å². The van der Waals surface area contributed by atoms with Crippen molar-refractivity contribution in [3.63, 3.8) is 0 Å². The lowest BCUT2D eigenvalue weighted by Gasteiger charge is -1.96. The first-order valence-corrected chi connectivity index (χ1v) is 4.28. The average Bonchev–Trinajstić information content (AvgIpc) is 2.85. The first-order chi connectivity index (χ1) is 6.95. The Morgan fingerprint density at radius 1 is 1.14 bits per heavy atom. The molecule has 0 unspecified atom stereocenters. The molecule has 3 aromatic rings. The third-order valence-electron chi connectivity index (χ3n) is 2.15. The highest BCUT2D eigenvalue weighted by molar-refractivity contribution is 5.81. The molecule has 0 aliphatic heterocycles. The molecule has 0 aliphatic carbocycles. The number of hydrogen-bond donors (Lipinski definition) is 0. The maximum Gasteiger partial charge on any atom is 0.326 e. The van der Waals surface area contributed by atoms with Gasteiger partial charge in [0.05, 0.1) is 5.52 Å². The second-order valence-electron chi connectivity index (χ2n) is 2.97. The Balaban J connectivity index is 2.33. The van der Waals surface area contributed by atoms with Gasteiger partial charge >= 0.3 is 6.01 Å². The van der Waals surface area contributed by atoms with Gasteiger partial charge in [-0.25, -0.2) is 0 Å². The van der Waals surface area contributed by atoms with Gasteiger partial charge in [0.15, 0.2) is 0 Å². The Labute approximate surface area is 79.8 Å². The van der Waals surface area contributed by atoms with Crippen LogP contribution in [0.1, 0.15) is 0 Å². The van der Waals surface area contributed by atoms with E-state index in [0.717, 1.165) is 10.9 Å². The van der Waals surface area contributed by atoms with Gasteiger partial charge in [0, 0.05) is 11.6 Å². The SMILES string of the molecule is c1ccc2c(c1)ccn2-c1nnco1. The highest BCUT2D eigenvalue weighted by Gasteiger charge is 2.05. The van der Waals surface area contributed by atoms with Crippen LogP contribution in [-0.4, -0.2) is 14.8 Å². The van der Waals surface area contributed by atoms with Crippen LogP contribution in [0.15, 0.2) is 47.3 Å². The Morgan fingerprint density at radius 3 is 2.93 bits per heavy atom. The van der Waals surface area contributed by atoms with E-state index >= 15 is 0 Å². The lowest BCUT2D eigenvalue weighted by atomic mass is 10.2. The Morgan fingerprint density at radius 2 is 2.07 bits per heavy atom. The monoisotopic (exact) mass is 185 g/mol. The molecule has 0 spiro atoms. The van der Waals surface area contributed by atoms with Crippen molar-refractivity contribution in [3.8, 4) is 6.01 Å². The van der Waals surface area contributed by atoms with Crippen molar-refractivity contribution >= 4 is 10.9 Å². The molecule has 2 aromatic heterocycles. The third kappa shape index (κ3) is 0.939. The van der Waals surface area contributed by atoms with Crippen molar-refractivity contribution in [3.05, 3.63) is 42.9 Å². The fourth-order valence-electron chi connectivity index (χ4n) is 1.52. The molecule has 4 heteroatoms. The summed E-state index contributed by atoms with van der Waals surface area (Å²) < 4.78 is 6.99. The van der Waals surface area contributed by atoms with E-state index in [4.69, 9.17) is 4.42 Å². The quantitative estimate of drug-likeness (QED) is 0.582. The van der Waals surface area contributed by atoms with E-state index in [1.54, 1.807) is 0 Å². The zero-order chi connectivity index (χ0) is 9.38. The molecule has 0 amide bonds. The summed E-state index contributed by atoms with van der Waals surface area (Å²) in [6.07, 6.45) is 3.24. The lowest BCUT2D eigenvalue weighted by molar-refractivity contribution is 0.528. The van der Waals surface area contributed by atoms with E-state index in [9.17, 15) is 0 Å². The molecule has 3 rings (SSSR count). The lowest BCUT2D eigenvalue weighted by Crippen LogP contribution is -1.91. The van der Waals surface area contributed by atoms with E-state index in [1.807, 2.05) is 41.1 Å². The van der Waals surface area contributed by atoms with Crippen molar-refractivity contribution in [1.29, 1.82) is 0 Å². The number of hydrogen-bond acceptors (Lipinski definition) is 3. The van der Waals surface area contributed by atoms with Gasteiger partial charge in [-0.2, -0.15) is 0 Å². The van der Waals surface area contributed by atoms with Gasteiger partial charge < -0.3 is 4.42 Å². The highest BCUT2D eigenvalue weighted by atomic mass is 16.4. The first-order valence-electron chi connectivity index (χ1n) is 4.28. The number of benzene rings is 1. The highest BCUT2D eigenvalue weighted by Crippen LogP contribution is 2.18. The predicted molar refractivity (Wildman–Crippen MR) is 51.1 cm³/mol. The summed E-state index contributed by atoms with van der Waals surface area (Å²) in [6, 6.07) is 10.5. The molecule has 1 aromatic carbocycles. The molecule has 2 heterocycles. The molecule has 14 heavy (non-hydrogen) atoms. The zero-order valence-electron chi connectivity index (χ0n) is 7.29. The fourth-order valence-corrected chi connectivity index (χ4v) is 1.52. The second-order valence-corrected chi connectivity index (χ2v) is 2.97. The maximum atomic E-state index is 5.13. The minimum atomic E-state index is 0.492. The van der Waals surface area contributed by atoms with Crippen LogP contribution < -0.4 is 0 Å². The maximum absolute atomic E-state index is 5.13. The van der Waals surface area contributed by atoms with Crippen molar-refractivity contribution in [2.24, 2.45) is 0 Å². The van der Waals surface area contributed by atoms with E-state index < -0.39 is 0 Å². The van der Waals surface area contributed by atoms with Crippen LogP contribution in [0.25, 0.3) is 16.9 Å². The minimum absolute atomic E-state index is 0.492. The zero-order valence-corrected chi connectivity index (χ0v) is 7.29. The normalized spacial score (nSPS) is 10.9. The van der Waals surface area contributed by atoms with Gasteiger partial charge in [0.2, 0.25) is 6.39 Å². The second kappa shape index (κ2) is 2.70. The third-order valence-corrected chi connectivity index (χ3v) is 2.15. The molecular formula is C10H7N3O. The summed E-state index contributed by atoms with van der Waals surface area (Å²) >= 11 is 0. The van der Waals surface area contributed by atoms with E-state index in [-0.39, 0.29) is 0 Å². The van der Waals surface area contributed by atoms with Gasteiger partial charge in [-0.1, -0.05) is 23.3 Å². The van der Waals surface area contributed by atoms with Crippen molar-refractivity contribution in [2.45, 2.75) is 0 Å². The number of rotatable bonds is 1. The van der Waals surface area contributed by atoms with Gasteiger partial charge in [0.1, 0.15) is 0 Å². The van der Waals surface area contributed by atoms with Crippen LogP contribution in [0.2, 0.25) is 0 Å². The van der Waals surface area contributed by atoms with Gasteiger partial charge in [-0.15, -0.1) is 5.10 Å². The number of nitrogens with zero attached hydrogens (tertiary/aromatic N) is 3. The van der Waals surface area contributed by atoms with Crippen LogP contribution in [0.3, 0.4) is 0 Å². The largest absolute Gasteiger partial charge is 0.410 e. The van der Waals surface area contributed by atoms with Crippen molar-refractivity contribution in [2.75, 3.05) is 0 Å². The molecule has 0 atom stereocenters. The summed E-state index contributed by atoms with van der Waals surface area (Å²) in [5.41, 5.74) is 1.07.